The lowest BCUT2D eigenvalue weighted by atomic mass is 10.2. The Hall–Kier alpha value is -2.88. The fraction of sp³-hybridized carbons (Fsp3) is 0. The number of carbonyl (C=O) groups excluding carboxylic acids is 1. The van der Waals surface area contributed by atoms with E-state index in [1.165, 1.54) is 6.08 Å². The summed E-state index contributed by atoms with van der Waals surface area (Å²) in [7, 11) is 0. The van der Waals surface area contributed by atoms with Crippen molar-refractivity contribution in [3.8, 4) is 5.69 Å². The van der Waals surface area contributed by atoms with E-state index in [0.29, 0.717) is 0 Å². The molecule has 2 heterocycles. The Kier molecular flexibility index (Phi) is 3.05. The molecule has 0 aliphatic carbocycles. The molecule has 1 amide bonds. The van der Waals surface area contributed by atoms with Gasteiger partial charge in [-0.2, -0.15) is 0 Å². The first-order valence-electron chi connectivity index (χ1n) is 6.23. The molecule has 2 aromatic heterocycles. The Morgan fingerprint density at radius 2 is 2.20 bits per heavy atom. The van der Waals surface area contributed by atoms with E-state index in [1.807, 2.05) is 48.8 Å². The van der Waals surface area contributed by atoms with E-state index in [0.717, 1.165) is 22.3 Å². The molecule has 0 unspecified atom stereocenters. The highest BCUT2D eigenvalue weighted by atomic mass is 16.1. The fourth-order valence-electron chi connectivity index (χ4n) is 2.13. The summed E-state index contributed by atoms with van der Waals surface area (Å²) in [4.78, 5) is 15.4. The maximum absolute atomic E-state index is 11.3. The standard InChI is InChI=1S/C16H13N3O/c1-2-16(20)18-13-5-6-15-12(10-13)7-9-19(15)14-4-3-8-17-11-14/h2-11H,1H2,(H,18,20). The van der Waals surface area contributed by atoms with Gasteiger partial charge in [0.1, 0.15) is 0 Å². The topological polar surface area (TPSA) is 46.9 Å². The maximum Gasteiger partial charge on any atom is 0.247 e. The largest absolute Gasteiger partial charge is 0.323 e. The van der Waals surface area contributed by atoms with Crippen LogP contribution in [0.1, 0.15) is 0 Å². The molecule has 3 aromatic rings. The number of anilines is 1. The van der Waals surface area contributed by atoms with E-state index < -0.39 is 0 Å². The molecule has 0 spiro atoms. The zero-order valence-electron chi connectivity index (χ0n) is 10.8. The number of hydrogen-bond acceptors (Lipinski definition) is 2. The van der Waals surface area contributed by atoms with Crippen LogP contribution in [0.25, 0.3) is 16.6 Å². The minimum absolute atomic E-state index is 0.212. The molecule has 0 fully saturated rings. The zero-order valence-corrected chi connectivity index (χ0v) is 10.8. The number of aromatic nitrogens is 2. The molecule has 0 aliphatic rings. The van der Waals surface area contributed by atoms with E-state index in [-0.39, 0.29) is 5.91 Å². The number of nitrogens with one attached hydrogen (secondary N) is 1. The number of benzene rings is 1. The third-order valence-electron chi connectivity index (χ3n) is 3.07. The normalized spacial score (nSPS) is 10.4. The second-order valence-electron chi connectivity index (χ2n) is 4.36. The van der Waals surface area contributed by atoms with Gasteiger partial charge in [0.15, 0.2) is 0 Å². The van der Waals surface area contributed by atoms with E-state index in [9.17, 15) is 4.79 Å². The van der Waals surface area contributed by atoms with Crippen molar-refractivity contribution in [2.75, 3.05) is 5.32 Å². The molecule has 1 aromatic carbocycles. The van der Waals surface area contributed by atoms with Crippen LogP contribution in [0.5, 0.6) is 0 Å². The number of hydrogen-bond donors (Lipinski definition) is 1. The van der Waals surface area contributed by atoms with Gasteiger partial charge in [0.05, 0.1) is 17.4 Å². The molecule has 4 heteroatoms. The molecule has 0 radical (unpaired) electrons. The Labute approximate surface area is 116 Å². The van der Waals surface area contributed by atoms with Crippen molar-refractivity contribution in [1.29, 1.82) is 0 Å². The molecular weight excluding hydrogens is 250 g/mol. The first kappa shape index (κ1) is 12.2. The second kappa shape index (κ2) is 5.01. The third-order valence-corrected chi connectivity index (χ3v) is 3.07. The zero-order chi connectivity index (χ0) is 13.9. The van der Waals surface area contributed by atoms with Crippen LogP contribution in [0.4, 0.5) is 5.69 Å². The molecular formula is C16H13N3O. The van der Waals surface area contributed by atoms with Crippen LogP contribution in [0.3, 0.4) is 0 Å². The molecule has 1 N–H and O–H groups in total. The minimum atomic E-state index is -0.212. The van der Waals surface area contributed by atoms with Crippen molar-refractivity contribution in [1.82, 2.24) is 9.55 Å². The average molecular weight is 263 g/mol. The van der Waals surface area contributed by atoms with Gasteiger partial charge in [0.2, 0.25) is 5.91 Å². The number of pyridine rings is 1. The third kappa shape index (κ3) is 2.19. The SMILES string of the molecule is C=CC(=O)Nc1ccc2c(ccn2-c2cccnc2)c1. The molecule has 0 bridgehead atoms. The molecule has 0 aliphatic heterocycles. The van der Waals surface area contributed by atoms with Crippen LogP contribution < -0.4 is 5.32 Å². The monoisotopic (exact) mass is 263 g/mol. The highest BCUT2D eigenvalue weighted by Gasteiger charge is 2.05. The van der Waals surface area contributed by atoms with E-state index in [1.54, 1.807) is 6.20 Å². The first-order valence-corrected chi connectivity index (χ1v) is 6.23. The van der Waals surface area contributed by atoms with E-state index in [2.05, 4.69) is 21.4 Å². The van der Waals surface area contributed by atoms with Crippen LogP contribution in [0.2, 0.25) is 0 Å². The Bertz CT molecular complexity index is 775. The Morgan fingerprint density at radius 3 is 2.95 bits per heavy atom. The lowest BCUT2D eigenvalue weighted by Crippen LogP contribution is -2.06. The van der Waals surface area contributed by atoms with Crippen LogP contribution in [0, 0.1) is 0 Å². The number of rotatable bonds is 3. The molecule has 4 nitrogen and oxygen atoms in total. The predicted octanol–water partition coefficient (Wildman–Crippen LogP) is 3.15. The molecule has 98 valence electrons. The summed E-state index contributed by atoms with van der Waals surface area (Å²) < 4.78 is 2.06. The van der Waals surface area contributed by atoms with E-state index >= 15 is 0 Å². The Morgan fingerprint density at radius 1 is 1.30 bits per heavy atom. The first-order chi connectivity index (χ1) is 9.78. The van der Waals surface area contributed by atoms with Crippen molar-refractivity contribution >= 4 is 22.5 Å². The number of amides is 1. The van der Waals surface area contributed by atoms with Crippen LogP contribution >= 0.6 is 0 Å². The van der Waals surface area contributed by atoms with Gasteiger partial charge in [0, 0.05) is 23.5 Å². The van der Waals surface area contributed by atoms with Gasteiger partial charge in [-0.25, -0.2) is 0 Å². The molecule has 0 atom stereocenters. The highest BCUT2D eigenvalue weighted by Crippen LogP contribution is 2.23. The summed E-state index contributed by atoms with van der Waals surface area (Å²) in [6, 6.07) is 11.7. The van der Waals surface area contributed by atoms with Crippen LogP contribution in [-0.4, -0.2) is 15.5 Å². The van der Waals surface area contributed by atoms with Crippen molar-refractivity contribution in [3.05, 3.63) is 67.6 Å². The van der Waals surface area contributed by atoms with Crippen molar-refractivity contribution < 1.29 is 4.79 Å². The van der Waals surface area contributed by atoms with Gasteiger partial charge in [0.25, 0.3) is 0 Å². The lowest BCUT2D eigenvalue weighted by molar-refractivity contribution is -0.111. The van der Waals surface area contributed by atoms with Gasteiger partial charge in [-0.1, -0.05) is 6.58 Å². The minimum Gasteiger partial charge on any atom is -0.323 e. The van der Waals surface area contributed by atoms with Crippen molar-refractivity contribution in [2.45, 2.75) is 0 Å². The second-order valence-corrected chi connectivity index (χ2v) is 4.36. The van der Waals surface area contributed by atoms with Gasteiger partial charge in [-0.3, -0.25) is 9.78 Å². The maximum atomic E-state index is 11.3. The summed E-state index contributed by atoms with van der Waals surface area (Å²) in [6.45, 7) is 3.44. The quantitative estimate of drug-likeness (QED) is 0.738. The number of carbonyl (C=O) groups is 1. The Balaban J connectivity index is 2.03. The number of nitrogens with zero attached hydrogens (tertiary/aromatic N) is 2. The van der Waals surface area contributed by atoms with Gasteiger partial charge >= 0.3 is 0 Å². The van der Waals surface area contributed by atoms with Crippen molar-refractivity contribution in [2.24, 2.45) is 0 Å². The summed E-state index contributed by atoms with van der Waals surface area (Å²) >= 11 is 0. The highest BCUT2D eigenvalue weighted by molar-refractivity contribution is 6.00. The van der Waals surface area contributed by atoms with Crippen molar-refractivity contribution in [3.63, 3.8) is 0 Å². The fourth-order valence-corrected chi connectivity index (χ4v) is 2.13. The molecule has 0 saturated carbocycles. The van der Waals surface area contributed by atoms with Gasteiger partial charge in [-0.05, 0) is 42.5 Å². The number of fused-ring (bicyclic) bond motifs is 1. The predicted molar refractivity (Wildman–Crippen MR) is 79.9 cm³/mol. The molecule has 20 heavy (non-hydrogen) atoms. The lowest BCUT2D eigenvalue weighted by Gasteiger charge is -2.06. The summed E-state index contributed by atoms with van der Waals surface area (Å²) in [5.74, 6) is -0.212. The van der Waals surface area contributed by atoms with Crippen LogP contribution in [0.15, 0.2) is 67.6 Å². The van der Waals surface area contributed by atoms with Gasteiger partial charge in [-0.15, -0.1) is 0 Å². The summed E-state index contributed by atoms with van der Waals surface area (Å²) in [6.07, 6.45) is 6.80. The smallest absolute Gasteiger partial charge is 0.247 e. The molecule has 0 saturated heterocycles. The van der Waals surface area contributed by atoms with Gasteiger partial charge < -0.3 is 9.88 Å². The van der Waals surface area contributed by atoms with E-state index in [4.69, 9.17) is 0 Å². The summed E-state index contributed by atoms with van der Waals surface area (Å²) in [5, 5.41) is 3.81. The summed E-state index contributed by atoms with van der Waals surface area (Å²) in [5.41, 5.74) is 2.83. The van der Waals surface area contributed by atoms with Crippen LogP contribution in [-0.2, 0) is 4.79 Å². The molecule has 3 rings (SSSR count). The average Bonchev–Trinajstić information content (AvgIpc) is 2.91.